The van der Waals surface area contributed by atoms with Crippen LogP contribution in [0.15, 0.2) is 205 Å². The maximum absolute atomic E-state index is 9.23. The van der Waals surface area contributed by atoms with E-state index >= 15 is 0 Å². The van der Waals surface area contributed by atoms with Crippen LogP contribution in [0.4, 0.5) is 34.1 Å². The molecule has 0 atom stereocenters. The number of fused-ring (bicyclic) bond motifs is 6. The van der Waals surface area contributed by atoms with E-state index in [1.54, 1.807) is 0 Å². The number of benzene rings is 9. The average Bonchev–Trinajstić information content (AvgIpc) is 3.61. The van der Waals surface area contributed by atoms with E-state index in [-0.39, 0.29) is 0 Å². The van der Waals surface area contributed by atoms with Crippen molar-refractivity contribution in [2.24, 2.45) is 0 Å². The Morgan fingerprint density at radius 3 is 1.63 bits per heavy atom. The van der Waals surface area contributed by atoms with Crippen molar-refractivity contribution < 1.29 is 5.79 Å². The molecule has 0 radical (unpaired) electrons. The number of anilines is 6. The molecule has 0 amide bonds. The van der Waals surface area contributed by atoms with Crippen molar-refractivity contribution in [3.63, 3.8) is 0 Å². The Balaban J connectivity index is 1.17. The predicted octanol–water partition coefficient (Wildman–Crippen LogP) is 14.8. The lowest BCUT2D eigenvalue weighted by Crippen LogP contribution is -2.15. The topological polar surface area (TPSA) is 19.6 Å². The fourth-order valence-corrected chi connectivity index (χ4v) is 7.96. The highest BCUT2D eigenvalue weighted by molar-refractivity contribution is 6.14. The molecule has 3 nitrogen and oxygen atoms in total. The van der Waals surface area contributed by atoms with Gasteiger partial charge in [0.05, 0.1) is 12.7 Å². The van der Waals surface area contributed by atoms with Gasteiger partial charge in [0.15, 0.2) is 0 Å². The zero-order valence-corrected chi connectivity index (χ0v) is 29.8. The Morgan fingerprint density at radius 2 is 0.926 bits per heavy atom. The minimum atomic E-state index is 0.418. The minimum Gasteiger partial charge on any atom is -0.456 e. The zero-order chi connectivity index (χ0) is 36.9. The summed E-state index contributed by atoms with van der Waals surface area (Å²) in [6.07, 6.45) is 0. The standard InChI is InChI=1S/C51H36N2O/c1-35-48(52(38-16-4-2-5-17-38)39-18-6-3-7-19-39)24-14-25-49(35)53(41-31-32-46-45-23-12-13-26-50(45)54-51(46)34-41)40-29-27-36(28-30-40)47-33-37-15-8-9-20-42(37)43-21-10-11-22-44(43)47/h2-34H,1H3/i14D. The lowest BCUT2D eigenvalue weighted by atomic mass is 9.93. The molecule has 54 heavy (non-hydrogen) atoms. The van der Waals surface area contributed by atoms with Gasteiger partial charge in [0.25, 0.3) is 0 Å². The lowest BCUT2D eigenvalue weighted by Gasteiger charge is -2.32. The first-order valence-corrected chi connectivity index (χ1v) is 18.3. The molecule has 10 rings (SSSR count). The molecule has 0 aliphatic rings. The maximum Gasteiger partial charge on any atom is 0.137 e. The molecule has 256 valence electrons. The van der Waals surface area contributed by atoms with Crippen molar-refractivity contribution in [2.75, 3.05) is 9.80 Å². The van der Waals surface area contributed by atoms with E-state index in [1.165, 1.54) is 27.1 Å². The van der Waals surface area contributed by atoms with Crippen LogP contribution < -0.4 is 9.80 Å². The Bertz CT molecular complexity index is 2970. The summed E-state index contributed by atoms with van der Waals surface area (Å²) in [6.45, 7) is 2.16. The van der Waals surface area contributed by atoms with Gasteiger partial charge < -0.3 is 14.2 Å². The van der Waals surface area contributed by atoms with Crippen LogP contribution in [0.3, 0.4) is 0 Å². The Morgan fingerprint density at radius 1 is 0.407 bits per heavy atom. The van der Waals surface area contributed by atoms with Crippen LogP contribution in [0.5, 0.6) is 0 Å². The molecule has 0 aliphatic carbocycles. The summed E-state index contributed by atoms with van der Waals surface area (Å²) in [5.41, 5.74) is 10.9. The second-order valence-corrected chi connectivity index (χ2v) is 13.7. The van der Waals surface area contributed by atoms with Crippen molar-refractivity contribution in [2.45, 2.75) is 6.92 Å². The number of nitrogens with zero attached hydrogens (tertiary/aromatic N) is 2. The molecule has 10 aromatic rings. The van der Waals surface area contributed by atoms with Gasteiger partial charge in [-0.05, 0) is 118 Å². The third kappa shape index (κ3) is 5.37. The number of hydrogen-bond acceptors (Lipinski definition) is 3. The minimum absolute atomic E-state index is 0.418. The average molecular weight is 694 g/mol. The molecule has 9 aromatic carbocycles. The molecular formula is C51H36N2O. The summed E-state index contributed by atoms with van der Waals surface area (Å²) in [4.78, 5) is 4.51. The molecule has 0 saturated heterocycles. The summed E-state index contributed by atoms with van der Waals surface area (Å²) in [5.74, 6) is 0. The summed E-state index contributed by atoms with van der Waals surface area (Å²) in [7, 11) is 0. The van der Waals surface area contributed by atoms with Crippen LogP contribution in [-0.4, -0.2) is 0 Å². The van der Waals surface area contributed by atoms with E-state index in [0.717, 1.165) is 67.2 Å². The lowest BCUT2D eigenvalue weighted by molar-refractivity contribution is 0.669. The van der Waals surface area contributed by atoms with E-state index in [4.69, 9.17) is 4.42 Å². The summed E-state index contributed by atoms with van der Waals surface area (Å²) in [6, 6.07) is 68.2. The summed E-state index contributed by atoms with van der Waals surface area (Å²) in [5, 5.41) is 7.12. The first-order chi connectivity index (χ1) is 27.1. The molecule has 0 bridgehead atoms. The number of furan rings is 1. The molecular weight excluding hydrogens is 657 g/mol. The van der Waals surface area contributed by atoms with Crippen LogP contribution in [0.1, 0.15) is 6.93 Å². The van der Waals surface area contributed by atoms with Crippen LogP contribution in [0, 0.1) is 6.92 Å². The van der Waals surface area contributed by atoms with Gasteiger partial charge in [-0.3, -0.25) is 0 Å². The van der Waals surface area contributed by atoms with Gasteiger partial charge in [0, 0.05) is 39.6 Å². The molecule has 1 aromatic heterocycles. The first kappa shape index (κ1) is 30.5. The normalized spacial score (nSPS) is 11.7. The van der Waals surface area contributed by atoms with E-state index < -0.39 is 0 Å². The second-order valence-electron chi connectivity index (χ2n) is 13.7. The third-order valence-corrected chi connectivity index (χ3v) is 10.5. The van der Waals surface area contributed by atoms with Gasteiger partial charge in [-0.1, -0.05) is 121 Å². The van der Waals surface area contributed by atoms with Gasteiger partial charge >= 0.3 is 0 Å². The SMILES string of the molecule is [2H]c1cc(N(c2ccccc2)c2ccccc2)c(C)c(N(c2ccc(-c3cc4ccccc4c4ccccc34)cc2)c2ccc3c(c2)oc2ccccc23)c1. The van der Waals surface area contributed by atoms with Gasteiger partial charge in [-0.15, -0.1) is 0 Å². The predicted molar refractivity (Wildman–Crippen MR) is 228 cm³/mol. The Kier molecular flexibility index (Phi) is 7.43. The van der Waals surface area contributed by atoms with Crippen LogP contribution in [0.25, 0.3) is 54.6 Å². The van der Waals surface area contributed by atoms with E-state index in [9.17, 15) is 1.37 Å². The van der Waals surface area contributed by atoms with Crippen molar-refractivity contribution in [3.05, 3.63) is 206 Å². The maximum atomic E-state index is 9.23. The van der Waals surface area contributed by atoms with Gasteiger partial charge in [0.1, 0.15) is 11.2 Å². The Hall–Kier alpha value is -7.10. The van der Waals surface area contributed by atoms with E-state index in [1.807, 2.05) is 42.5 Å². The quantitative estimate of drug-likeness (QED) is 0.155. The molecule has 0 unspecified atom stereocenters. The highest BCUT2D eigenvalue weighted by Crippen LogP contribution is 2.45. The largest absolute Gasteiger partial charge is 0.456 e. The number of hydrogen-bond donors (Lipinski definition) is 0. The Labute approximate surface area is 316 Å². The molecule has 0 saturated carbocycles. The highest BCUT2D eigenvalue weighted by Gasteiger charge is 2.22. The van der Waals surface area contributed by atoms with Crippen LogP contribution in [-0.2, 0) is 0 Å². The molecule has 0 N–H and O–H groups in total. The molecule has 0 aliphatic heterocycles. The van der Waals surface area contributed by atoms with Gasteiger partial charge in [-0.2, -0.15) is 0 Å². The third-order valence-electron chi connectivity index (χ3n) is 10.5. The molecule has 0 fully saturated rings. The van der Waals surface area contributed by atoms with Crippen molar-refractivity contribution in [3.8, 4) is 11.1 Å². The second kappa shape index (κ2) is 13.1. The molecule has 1 heterocycles. The van der Waals surface area contributed by atoms with Crippen molar-refractivity contribution >= 4 is 77.6 Å². The van der Waals surface area contributed by atoms with Crippen LogP contribution >= 0.6 is 0 Å². The van der Waals surface area contributed by atoms with Crippen LogP contribution in [0.2, 0.25) is 0 Å². The summed E-state index contributed by atoms with van der Waals surface area (Å²) >= 11 is 0. The fourth-order valence-electron chi connectivity index (χ4n) is 7.96. The molecule has 0 spiro atoms. The fraction of sp³-hybridized carbons (Fsp3) is 0.0196. The van der Waals surface area contributed by atoms with E-state index in [0.29, 0.717) is 6.04 Å². The van der Waals surface area contributed by atoms with Gasteiger partial charge in [-0.25, -0.2) is 0 Å². The monoisotopic (exact) mass is 693 g/mol. The smallest absolute Gasteiger partial charge is 0.137 e. The zero-order valence-electron chi connectivity index (χ0n) is 30.8. The van der Waals surface area contributed by atoms with Crippen molar-refractivity contribution in [1.29, 1.82) is 0 Å². The van der Waals surface area contributed by atoms with E-state index in [2.05, 4.69) is 168 Å². The number of para-hydroxylation sites is 3. The highest BCUT2D eigenvalue weighted by atomic mass is 16.3. The van der Waals surface area contributed by atoms with Crippen molar-refractivity contribution in [1.82, 2.24) is 0 Å². The number of rotatable bonds is 7. The summed E-state index contributed by atoms with van der Waals surface area (Å²) < 4.78 is 15.7. The molecule has 3 heteroatoms. The van der Waals surface area contributed by atoms with Gasteiger partial charge in [0.2, 0.25) is 0 Å². The first-order valence-electron chi connectivity index (χ1n) is 18.8.